The van der Waals surface area contributed by atoms with E-state index in [-0.39, 0.29) is 6.42 Å². The highest BCUT2D eigenvalue weighted by Crippen LogP contribution is 2.28. The standard InChI is InChI=1S/C13H13NO3S2/c1-17-10-4-2-9(3-5-10)8-18-13-7-14-11(19-13)6-12(15)16/h2-5,7H,6,8H2,1H3,(H,15,16). The minimum atomic E-state index is -0.846. The molecular weight excluding hydrogens is 282 g/mol. The molecule has 0 atom stereocenters. The molecule has 0 unspecified atom stereocenters. The van der Waals surface area contributed by atoms with Crippen molar-refractivity contribution in [1.29, 1.82) is 0 Å². The van der Waals surface area contributed by atoms with E-state index < -0.39 is 5.97 Å². The maximum atomic E-state index is 10.6. The van der Waals surface area contributed by atoms with Crippen LogP contribution in [-0.2, 0) is 17.0 Å². The number of carboxylic acid groups (broad SMARTS) is 1. The third-order valence-corrected chi connectivity index (χ3v) is 4.64. The number of ether oxygens (including phenoxy) is 1. The monoisotopic (exact) mass is 295 g/mol. The zero-order valence-corrected chi connectivity index (χ0v) is 12.0. The lowest BCUT2D eigenvalue weighted by molar-refractivity contribution is -0.136. The Bertz CT molecular complexity index is 551. The van der Waals surface area contributed by atoms with Crippen molar-refractivity contribution in [1.82, 2.24) is 4.98 Å². The van der Waals surface area contributed by atoms with Crippen molar-refractivity contribution in [3.63, 3.8) is 0 Å². The summed E-state index contributed by atoms with van der Waals surface area (Å²) in [5.74, 6) is 0.829. The van der Waals surface area contributed by atoms with Gasteiger partial charge in [-0.2, -0.15) is 0 Å². The zero-order valence-electron chi connectivity index (χ0n) is 10.3. The fraction of sp³-hybridized carbons (Fsp3) is 0.231. The van der Waals surface area contributed by atoms with Gasteiger partial charge < -0.3 is 9.84 Å². The second kappa shape index (κ2) is 6.58. The summed E-state index contributed by atoms with van der Waals surface area (Å²) in [7, 11) is 1.64. The van der Waals surface area contributed by atoms with E-state index in [1.54, 1.807) is 25.1 Å². The Hall–Kier alpha value is -1.53. The average molecular weight is 295 g/mol. The lowest BCUT2D eigenvalue weighted by atomic mass is 10.2. The molecule has 1 aromatic heterocycles. The molecule has 100 valence electrons. The minimum Gasteiger partial charge on any atom is -0.497 e. The van der Waals surface area contributed by atoms with Crippen LogP contribution in [0.1, 0.15) is 10.6 Å². The molecule has 0 aliphatic carbocycles. The summed E-state index contributed by atoms with van der Waals surface area (Å²) < 4.78 is 6.14. The van der Waals surface area contributed by atoms with Gasteiger partial charge in [-0.1, -0.05) is 12.1 Å². The summed E-state index contributed by atoms with van der Waals surface area (Å²) in [4.78, 5) is 14.7. The fourth-order valence-electron chi connectivity index (χ4n) is 1.45. The van der Waals surface area contributed by atoms with Gasteiger partial charge in [-0.05, 0) is 17.7 Å². The Morgan fingerprint density at radius 1 is 1.42 bits per heavy atom. The SMILES string of the molecule is COc1ccc(CSc2cnc(CC(=O)O)s2)cc1. The normalized spacial score (nSPS) is 10.4. The van der Waals surface area contributed by atoms with Gasteiger partial charge in [0, 0.05) is 5.75 Å². The topological polar surface area (TPSA) is 59.4 Å². The van der Waals surface area contributed by atoms with Crippen LogP contribution in [0.4, 0.5) is 0 Å². The first-order valence-corrected chi connectivity index (χ1v) is 7.40. The second-order valence-electron chi connectivity index (χ2n) is 3.78. The molecule has 0 fully saturated rings. The van der Waals surface area contributed by atoms with Gasteiger partial charge >= 0.3 is 5.97 Å². The highest BCUT2D eigenvalue weighted by Gasteiger charge is 2.07. The lowest BCUT2D eigenvalue weighted by Gasteiger charge is -2.02. The molecule has 2 aromatic rings. The number of methoxy groups -OCH3 is 1. The molecule has 19 heavy (non-hydrogen) atoms. The van der Waals surface area contributed by atoms with Crippen molar-refractivity contribution >= 4 is 29.1 Å². The van der Waals surface area contributed by atoms with Crippen LogP contribution in [0.3, 0.4) is 0 Å². The average Bonchev–Trinajstić information content (AvgIpc) is 2.84. The van der Waals surface area contributed by atoms with Gasteiger partial charge in [0.1, 0.15) is 10.8 Å². The summed E-state index contributed by atoms with van der Waals surface area (Å²) >= 11 is 3.09. The fourth-order valence-corrected chi connectivity index (χ4v) is 3.42. The molecule has 1 aromatic carbocycles. The Morgan fingerprint density at radius 3 is 2.79 bits per heavy atom. The van der Waals surface area contributed by atoms with Crippen molar-refractivity contribution < 1.29 is 14.6 Å². The van der Waals surface area contributed by atoms with Crippen LogP contribution in [0.2, 0.25) is 0 Å². The Balaban J connectivity index is 1.90. The van der Waals surface area contributed by atoms with Crippen LogP contribution in [0.15, 0.2) is 34.7 Å². The van der Waals surface area contributed by atoms with Gasteiger partial charge in [-0.15, -0.1) is 23.1 Å². The first kappa shape index (κ1) is 13.9. The molecule has 1 N–H and O–H groups in total. The summed E-state index contributed by atoms with van der Waals surface area (Å²) in [6, 6.07) is 7.90. The Morgan fingerprint density at radius 2 is 2.16 bits per heavy atom. The van der Waals surface area contributed by atoms with Gasteiger partial charge in [0.15, 0.2) is 0 Å². The van der Waals surface area contributed by atoms with Gasteiger partial charge in [0.05, 0.1) is 23.9 Å². The van der Waals surface area contributed by atoms with Crippen molar-refractivity contribution in [2.45, 2.75) is 16.4 Å². The van der Waals surface area contributed by atoms with E-state index in [9.17, 15) is 4.79 Å². The van der Waals surface area contributed by atoms with E-state index in [0.29, 0.717) is 5.01 Å². The predicted molar refractivity (Wildman–Crippen MR) is 76.0 cm³/mol. The number of carbonyl (C=O) groups is 1. The molecule has 0 saturated heterocycles. The molecule has 0 amide bonds. The van der Waals surface area contributed by atoms with E-state index in [2.05, 4.69) is 4.98 Å². The van der Waals surface area contributed by atoms with Crippen molar-refractivity contribution in [2.75, 3.05) is 7.11 Å². The molecule has 6 heteroatoms. The maximum Gasteiger partial charge on any atom is 0.310 e. The van der Waals surface area contributed by atoms with E-state index in [4.69, 9.17) is 9.84 Å². The van der Waals surface area contributed by atoms with Crippen molar-refractivity contribution in [3.05, 3.63) is 41.0 Å². The molecular formula is C13H13NO3S2. The molecule has 0 aliphatic heterocycles. The highest BCUT2D eigenvalue weighted by molar-refractivity contribution is 8.00. The molecule has 0 bridgehead atoms. The number of benzene rings is 1. The number of thioether (sulfide) groups is 1. The van der Waals surface area contributed by atoms with Gasteiger partial charge in [0.25, 0.3) is 0 Å². The third-order valence-electron chi connectivity index (χ3n) is 2.37. The number of hydrogen-bond donors (Lipinski definition) is 1. The van der Waals surface area contributed by atoms with Gasteiger partial charge in [-0.3, -0.25) is 4.79 Å². The maximum absolute atomic E-state index is 10.6. The summed E-state index contributed by atoms with van der Waals surface area (Å²) in [6.45, 7) is 0. The molecule has 2 rings (SSSR count). The van der Waals surface area contributed by atoms with Crippen LogP contribution >= 0.6 is 23.1 Å². The largest absolute Gasteiger partial charge is 0.497 e. The Kier molecular flexibility index (Phi) is 4.81. The number of carboxylic acids is 1. The van der Waals surface area contributed by atoms with E-state index >= 15 is 0 Å². The Labute approximate surface area is 119 Å². The van der Waals surface area contributed by atoms with Gasteiger partial charge in [-0.25, -0.2) is 4.98 Å². The zero-order chi connectivity index (χ0) is 13.7. The van der Waals surface area contributed by atoms with E-state index in [1.165, 1.54) is 16.9 Å². The summed E-state index contributed by atoms with van der Waals surface area (Å²) in [5, 5.41) is 9.32. The molecule has 1 heterocycles. The van der Waals surface area contributed by atoms with E-state index in [0.717, 1.165) is 15.7 Å². The summed E-state index contributed by atoms with van der Waals surface area (Å²) in [6.07, 6.45) is 1.73. The minimum absolute atomic E-state index is 0.00619. The molecule has 0 spiro atoms. The lowest BCUT2D eigenvalue weighted by Crippen LogP contribution is -1.98. The number of thiazole rings is 1. The number of rotatable bonds is 6. The highest BCUT2D eigenvalue weighted by atomic mass is 32.2. The molecule has 0 saturated carbocycles. The van der Waals surface area contributed by atoms with Gasteiger partial charge in [0.2, 0.25) is 0 Å². The number of nitrogens with zero attached hydrogens (tertiary/aromatic N) is 1. The van der Waals surface area contributed by atoms with Crippen molar-refractivity contribution in [3.8, 4) is 5.75 Å². The summed E-state index contributed by atoms with van der Waals surface area (Å²) in [5.41, 5.74) is 1.19. The number of aromatic nitrogens is 1. The van der Waals surface area contributed by atoms with Crippen LogP contribution in [-0.4, -0.2) is 23.2 Å². The molecule has 0 aliphatic rings. The van der Waals surface area contributed by atoms with Crippen LogP contribution in [0, 0.1) is 0 Å². The molecule has 0 radical (unpaired) electrons. The smallest absolute Gasteiger partial charge is 0.310 e. The van der Waals surface area contributed by atoms with Crippen LogP contribution < -0.4 is 4.74 Å². The van der Waals surface area contributed by atoms with Crippen LogP contribution in [0.25, 0.3) is 0 Å². The predicted octanol–water partition coefficient (Wildman–Crippen LogP) is 3.07. The van der Waals surface area contributed by atoms with E-state index in [1.807, 2.05) is 24.3 Å². The quantitative estimate of drug-likeness (QED) is 0.830. The second-order valence-corrected chi connectivity index (χ2v) is 6.17. The molecule has 4 nitrogen and oxygen atoms in total. The first-order chi connectivity index (χ1) is 9.17. The van der Waals surface area contributed by atoms with Crippen LogP contribution in [0.5, 0.6) is 5.75 Å². The first-order valence-electron chi connectivity index (χ1n) is 5.59. The third kappa shape index (κ3) is 4.25. The number of hydrogen-bond acceptors (Lipinski definition) is 5. The van der Waals surface area contributed by atoms with Crippen molar-refractivity contribution in [2.24, 2.45) is 0 Å². The number of aliphatic carboxylic acids is 1.